The second-order valence-electron chi connectivity index (χ2n) is 9.41. The number of hydrogen-bond donors (Lipinski definition) is 4. The minimum atomic E-state index is -1.64. The van der Waals surface area contributed by atoms with E-state index in [1.54, 1.807) is 13.8 Å². The van der Waals surface area contributed by atoms with Crippen LogP contribution in [-0.2, 0) is 18.9 Å². The third-order valence-electron chi connectivity index (χ3n) is 7.08. The quantitative estimate of drug-likeness (QED) is 0.431. The first kappa shape index (κ1) is 22.3. The molecule has 32 heavy (non-hydrogen) atoms. The maximum Gasteiger partial charge on any atom is 0.410 e. The predicted molar refractivity (Wildman–Crippen MR) is 107 cm³/mol. The lowest BCUT2D eigenvalue weighted by Crippen LogP contribution is -2.72. The summed E-state index contributed by atoms with van der Waals surface area (Å²) in [5, 5.41) is 10.4. The second kappa shape index (κ2) is 7.89. The molecule has 4 fully saturated rings. The molecule has 2 saturated carbocycles. The summed E-state index contributed by atoms with van der Waals surface area (Å²) in [6, 6.07) is -0.872. The molecule has 8 atom stereocenters. The van der Waals surface area contributed by atoms with Gasteiger partial charge in [0.25, 0.3) is 6.29 Å². The van der Waals surface area contributed by atoms with Crippen LogP contribution in [0.5, 0.6) is 0 Å². The van der Waals surface area contributed by atoms with E-state index in [4.69, 9.17) is 18.9 Å². The van der Waals surface area contributed by atoms with Crippen LogP contribution in [-0.4, -0.2) is 67.5 Å². The molecule has 2 aliphatic carbocycles. The normalized spacial score (nSPS) is 44.4. The Morgan fingerprint density at radius 3 is 1.81 bits per heavy atom. The molecular formula is C20H30N4O8. The summed E-state index contributed by atoms with van der Waals surface area (Å²) >= 11 is 0. The number of fused-ring (bicyclic) bond motifs is 1. The van der Waals surface area contributed by atoms with E-state index in [-0.39, 0.29) is 24.9 Å². The molecule has 178 valence electrons. The lowest BCUT2D eigenvalue weighted by Gasteiger charge is -2.58. The molecule has 12 heteroatoms. The molecule has 0 aromatic rings. The summed E-state index contributed by atoms with van der Waals surface area (Å²) in [4.78, 5) is 50.3. The highest BCUT2D eigenvalue weighted by atomic mass is 16.8. The molecule has 4 N–H and O–H groups in total. The van der Waals surface area contributed by atoms with Crippen LogP contribution in [0.15, 0.2) is 0 Å². The summed E-state index contributed by atoms with van der Waals surface area (Å²) in [6.07, 6.45) is -4.75. The number of rotatable bonds is 1. The fourth-order valence-corrected chi connectivity index (χ4v) is 5.45. The van der Waals surface area contributed by atoms with Gasteiger partial charge in [0, 0.05) is 36.5 Å². The molecule has 0 aromatic carbocycles. The van der Waals surface area contributed by atoms with Gasteiger partial charge >= 0.3 is 24.4 Å². The molecule has 0 bridgehead atoms. The highest BCUT2D eigenvalue weighted by Crippen LogP contribution is 2.75. The van der Waals surface area contributed by atoms with Crippen molar-refractivity contribution in [2.45, 2.75) is 70.6 Å². The molecule has 12 nitrogen and oxygen atoms in total. The van der Waals surface area contributed by atoms with E-state index in [1.165, 1.54) is 0 Å². The first-order valence-corrected chi connectivity index (χ1v) is 10.9. The Hall–Kier alpha value is -2.92. The van der Waals surface area contributed by atoms with Crippen LogP contribution in [0.2, 0.25) is 0 Å². The van der Waals surface area contributed by atoms with Crippen LogP contribution in [0.1, 0.15) is 40.5 Å². The standard InChI is InChI=1S/C20H30N4O8/c1-9-5-19(9)6-10(2)20(19)13(29-17(27)23-12(4)8-22-16(26)32-20)14-30-15(25)21-7-11(3)24-18(28)31-14/h9-14H,5-8H2,1-4H3,(H,21,25)(H,22,26)(H,23,27)(H,24,28). The molecule has 0 radical (unpaired) electrons. The van der Waals surface area contributed by atoms with Crippen molar-refractivity contribution in [3.05, 3.63) is 0 Å². The molecule has 2 aliphatic heterocycles. The van der Waals surface area contributed by atoms with Crippen molar-refractivity contribution in [3.8, 4) is 0 Å². The van der Waals surface area contributed by atoms with Gasteiger partial charge in [-0.05, 0) is 32.6 Å². The average Bonchev–Trinajstić information content (AvgIpc) is 3.37. The molecular weight excluding hydrogens is 424 g/mol. The monoisotopic (exact) mass is 454 g/mol. The molecule has 0 aromatic heterocycles. The first-order valence-electron chi connectivity index (χ1n) is 10.9. The Labute approximate surface area is 185 Å². The zero-order valence-corrected chi connectivity index (χ0v) is 18.6. The van der Waals surface area contributed by atoms with E-state index < -0.39 is 59.9 Å². The van der Waals surface area contributed by atoms with Gasteiger partial charge in [-0.25, -0.2) is 19.2 Å². The minimum Gasteiger partial charge on any atom is -0.438 e. The largest absolute Gasteiger partial charge is 0.438 e. The van der Waals surface area contributed by atoms with Gasteiger partial charge in [0.05, 0.1) is 0 Å². The maximum atomic E-state index is 12.7. The van der Waals surface area contributed by atoms with Crippen LogP contribution < -0.4 is 21.3 Å². The molecule has 2 saturated heterocycles. The van der Waals surface area contributed by atoms with E-state index in [0.717, 1.165) is 12.8 Å². The molecule has 4 amide bonds. The van der Waals surface area contributed by atoms with E-state index in [0.29, 0.717) is 0 Å². The lowest BCUT2D eigenvalue weighted by atomic mass is 9.54. The second-order valence-corrected chi connectivity index (χ2v) is 9.41. The maximum absolute atomic E-state index is 12.7. The summed E-state index contributed by atoms with van der Waals surface area (Å²) < 4.78 is 22.5. The highest BCUT2D eigenvalue weighted by Gasteiger charge is 2.81. The number of cyclic esters (lactones) is 3. The zero-order valence-electron chi connectivity index (χ0n) is 18.6. The van der Waals surface area contributed by atoms with E-state index in [9.17, 15) is 19.2 Å². The van der Waals surface area contributed by atoms with Gasteiger partial charge in [0.2, 0.25) is 6.10 Å². The van der Waals surface area contributed by atoms with E-state index in [2.05, 4.69) is 21.3 Å². The minimum absolute atomic E-state index is 0.117. The van der Waals surface area contributed by atoms with Gasteiger partial charge in [-0.15, -0.1) is 0 Å². The average molecular weight is 454 g/mol. The number of amides is 4. The van der Waals surface area contributed by atoms with Crippen LogP contribution in [0.3, 0.4) is 0 Å². The predicted octanol–water partition coefficient (Wildman–Crippen LogP) is 1.19. The molecule has 4 rings (SSSR count). The SMILES string of the molecule is CC1CNC(=O)OC(C2OC(=O)NC(C)CNC(=O)OC23C(C)CC32CC2C)OC(=O)N1. The fraction of sp³-hybridized carbons (Fsp3) is 0.800. The fourth-order valence-electron chi connectivity index (χ4n) is 5.45. The smallest absolute Gasteiger partial charge is 0.410 e. The Balaban J connectivity index is 1.75. The van der Waals surface area contributed by atoms with E-state index in [1.807, 2.05) is 13.8 Å². The van der Waals surface area contributed by atoms with Crippen molar-refractivity contribution >= 4 is 24.4 Å². The number of alkyl carbamates (subject to hydrolysis) is 4. The van der Waals surface area contributed by atoms with E-state index >= 15 is 0 Å². The van der Waals surface area contributed by atoms with Crippen molar-refractivity contribution < 1.29 is 38.1 Å². The van der Waals surface area contributed by atoms with Crippen molar-refractivity contribution in [2.24, 2.45) is 17.3 Å². The Morgan fingerprint density at radius 2 is 1.25 bits per heavy atom. The number of nitrogens with one attached hydrogen (secondary N) is 4. The van der Waals surface area contributed by atoms with Crippen LogP contribution >= 0.6 is 0 Å². The number of carbonyl (C=O) groups is 4. The van der Waals surface area contributed by atoms with Crippen molar-refractivity contribution in [1.82, 2.24) is 21.3 Å². The number of carbonyl (C=O) groups excluding carboxylic acids is 4. The van der Waals surface area contributed by atoms with Gasteiger partial charge in [-0.3, -0.25) is 0 Å². The van der Waals surface area contributed by atoms with Crippen molar-refractivity contribution in [2.75, 3.05) is 13.1 Å². The van der Waals surface area contributed by atoms with Gasteiger partial charge < -0.3 is 40.2 Å². The molecule has 8 unspecified atom stereocenters. The zero-order chi connectivity index (χ0) is 23.3. The topological polar surface area (TPSA) is 153 Å². The number of hydrogen-bond acceptors (Lipinski definition) is 8. The Bertz CT molecular complexity index is 823. The lowest BCUT2D eigenvalue weighted by molar-refractivity contribution is -0.272. The summed E-state index contributed by atoms with van der Waals surface area (Å²) in [5.74, 6) is -0.0840. The first-order chi connectivity index (χ1) is 15.1. The summed E-state index contributed by atoms with van der Waals surface area (Å²) in [7, 11) is 0. The summed E-state index contributed by atoms with van der Waals surface area (Å²) in [5.41, 5.74) is -1.83. The van der Waals surface area contributed by atoms with Gasteiger partial charge in [-0.1, -0.05) is 13.8 Å². The van der Waals surface area contributed by atoms with Crippen molar-refractivity contribution in [1.29, 1.82) is 0 Å². The molecule has 4 aliphatic rings. The number of ether oxygens (including phenoxy) is 4. The highest BCUT2D eigenvalue weighted by molar-refractivity contribution is 5.73. The summed E-state index contributed by atoms with van der Waals surface area (Å²) in [6.45, 7) is 7.50. The van der Waals surface area contributed by atoms with Gasteiger partial charge in [-0.2, -0.15) is 0 Å². The third-order valence-corrected chi connectivity index (χ3v) is 7.08. The molecule has 2 spiro atoms. The Morgan fingerprint density at radius 1 is 0.719 bits per heavy atom. The van der Waals surface area contributed by atoms with Gasteiger partial charge in [0.1, 0.15) is 0 Å². The third kappa shape index (κ3) is 3.65. The van der Waals surface area contributed by atoms with Crippen LogP contribution in [0.4, 0.5) is 19.2 Å². The molecule has 2 heterocycles. The van der Waals surface area contributed by atoms with Crippen LogP contribution in [0.25, 0.3) is 0 Å². The van der Waals surface area contributed by atoms with Crippen molar-refractivity contribution in [3.63, 3.8) is 0 Å². The Kier molecular flexibility index (Phi) is 5.49. The van der Waals surface area contributed by atoms with Gasteiger partial charge in [0.15, 0.2) is 5.60 Å². The van der Waals surface area contributed by atoms with Crippen LogP contribution in [0, 0.1) is 17.3 Å².